The van der Waals surface area contributed by atoms with Gasteiger partial charge in [-0.3, -0.25) is 4.90 Å². The van der Waals surface area contributed by atoms with Crippen molar-refractivity contribution in [2.45, 2.75) is 58.2 Å². The number of piperidine rings is 1. The lowest BCUT2D eigenvalue weighted by Crippen LogP contribution is -2.43. The van der Waals surface area contributed by atoms with Crippen LogP contribution in [0, 0.1) is 0 Å². The molecule has 1 N–H and O–H groups in total. The van der Waals surface area contributed by atoms with E-state index in [0.29, 0.717) is 6.10 Å². The van der Waals surface area contributed by atoms with Gasteiger partial charge in [0.1, 0.15) is 0 Å². The molecule has 2 unspecified atom stereocenters. The quantitative estimate of drug-likeness (QED) is 0.725. The summed E-state index contributed by atoms with van der Waals surface area (Å²) in [5.74, 6) is 0. The summed E-state index contributed by atoms with van der Waals surface area (Å²) >= 11 is 0. The Morgan fingerprint density at radius 3 is 2.88 bits per heavy atom. The molecule has 1 rings (SSSR count). The van der Waals surface area contributed by atoms with Crippen LogP contribution in [0.5, 0.6) is 0 Å². The molecule has 1 aliphatic rings. The molecule has 3 heteroatoms. The van der Waals surface area contributed by atoms with E-state index in [1.54, 1.807) is 0 Å². The third-order valence-electron chi connectivity index (χ3n) is 3.11. The van der Waals surface area contributed by atoms with Crippen molar-refractivity contribution in [2.24, 2.45) is 0 Å². The van der Waals surface area contributed by atoms with Crippen molar-refractivity contribution in [3.05, 3.63) is 0 Å². The third-order valence-corrected chi connectivity index (χ3v) is 3.11. The maximum absolute atomic E-state index is 9.78. The molecule has 1 heterocycles. The van der Waals surface area contributed by atoms with E-state index >= 15 is 0 Å². The van der Waals surface area contributed by atoms with Gasteiger partial charge in [-0.2, -0.15) is 0 Å². The Morgan fingerprint density at radius 2 is 2.19 bits per heavy atom. The van der Waals surface area contributed by atoms with Crippen LogP contribution in [0.25, 0.3) is 0 Å². The lowest BCUT2D eigenvalue weighted by Gasteiger charge is -2.33. The summed E-state index contributed by atoms with van der Waals surface area (Å²) in [5, 5.41) is 9.78. The highest BCUT2D eigenvalue weighted by Crippen LogP contribution is 2.14. The van der Waals surface area contributed by atoms with Crippen molar-refractivity contribution in [1.29, 1.82) is 0 Å². The van der Waals surface area contributed by atoms with Crippen LogP contribution in [-0.4, -0.2) is 48.5 Å². The molecule has 0 bridgehead atoms. The topological polar surface area (TPSA) is 32.7 Å². The Kier molecular flexibility index (Phi) is 7.01. The monoisotopic (exact) mass is 229 g/mol. The maximum Gasteiger partial charge on any atom is 0.0702 e. The molecule has 0 radical (unpaired) electrons. The molecule has 1 aliphatic heterocycles. The number of rotatable bonds is 7. The average Bonchev–Trinajstić information content (AvgIpc) is 2.27. The molecule has 0 saturated carbocycles. The average molecular weight is 229 g/mol. The fourth-order valence-electron chi connectivity index (χ4n) is 2.32. The van der Waals surface area contributed by atoms with Crippen molar-refractivity contribution >= 4 is 0 Å². The Morgan fingerprint density at radius 1 is 1.38 bits per heavy atom. The smallest absolute Gasteiger partial charge is 0.0702 e. The zero-order valence-corrected chi connectivity index (χ0v) is 10.8. The van der Waals surface area contributed by atoms with Crippen LogP contribution in [0.4, 0.5) is 0 Å². The number of β-amino-alcohol motifs (C(OH)–C–C–N with tert-alkyl or cyclic N) is 1. The summed E-state index contributed by atoms with van der Waals surface area (Å²) in [6.45, 7) is 8.07. The van der Waals surface area contributed by atoms with Crippen LogP contribution in [0.3, 0.4) is 0 Å². The summed E-state index contributed by atoms with van der Waals surface area (Å²) in [6, 6.07) is 0. The molecule has 0 amide bonds. The second-order valence-corrected chi connectivity index (χ2v) is 4.84. The largest absolute Gasteiger partial charge is 0.392 e. The van der Waals surface area contributed by atoms with E-state index in [0.717, 1.165) is 45.5 Å². The number of aliphatic hydroxyl groups excluding tert-OH is 1. The van der Waals surface area contributed by atoms with Crippen molar-refractivity contribution < 1.29 is 9.84 Å². The van der Waals surface area contributed by atoms with E-state index in [2.05, 4.69) is 18.7 Å². The Labute approximate surface area is 99.8 Å². The van der Waals surface area contributed by atoms with Gasteiger partial charge in [-0.05, 0) is 32.2 Å². The summed E-state index contributed by atoms with van der Waals surface area (Å²) in [6.07, 6.45) is 5.68. The molecule has 96 valence electrons. The van der Waals surface area contributed by atoms with Crippen molar-refractivity contribution in [3.8, 4) is 0 Å². The zero-order valence-electron chi connectivity index (χ0n) is 10.8. The normalized spacial score (nSPS) is 24.6. The van der Waals surface area contributed by atoms with E-state index in [9.17, 15) is 5.11 Å². The van der Waals surface area contributed by atoms with Gasteiger partial charge in [0.2, 0.25) is 0 Å². The second-order valence-electron chi connectivity index (χ2n) is 4.84. The molecular weight excluding hydrogens is 202 g/mol. The Balaban J connectivity index is 2.21. The summed E-state index contributed by atoms with van der Waals surface area (Å²) in [5.41, 5.74) is 0. The molecule has 16 heavy (non-hydrogen) atoms. The highest BCUT2D eigenvalue weighted by Gasteiger charge is 2.21. The van der Waals surface area contributed by atoms with E-state index < -0.39 is 0 Å². The number of hydrogen-bond acceptors (Lipinski definition) is 3. The molecule has 0 aromatic rings. The van der Waals surface area contributed by atoms with Gasteiger partial charge in [-0.1, -0.05) is 20.3 Å². The van der Waals surface area contributed by atoms with E-state index in [4.69, 9.17) is 4.74 Å². The first-order valence-corrected chi connectivity index (χ1v) is 6.78. The first-order chi connectivity index (χ1) is 7.76. The standard InChI is InChI=1S/C13H27NO2/c1-3-6-12(15)10-14-8-5-7-13(11-14)16-9-4-2/h12-13,15H,3-11H2,1-2H3. The number of aliphatic hydroxyl groups is 1. The lowest BCUT2D eigenvalue weighted by atomic mass is 10.1. The fraction of sp³-hybridized carbons (Fsp3) is 1.00. The van der Waals surface area contributed by atoms with Crippen molar-refractivity contribution in [2.75, 3.05) is 26.2 Å². The number of ether oxygens (including phenoxy) is 1. The minimum absolute atomic E-state index is 0.157. The van der Waals surface area contributed by atoms with Gasteiger partial charge in [0.25, 0.3) is 0 Å². The predicted octanol–water partition coefficient (Wildman–Crippen LogP) is 2.04. The third kappa shape index (κ3) is 5.28. The van der Waals surface area contributed by atoms with Gasteiger partial charge < -0.3 is 9.84 Å². The molecule has 2 atom stereocenters. The van der Waals surface area contributed by atoms with Crippen LogP contribution >= 0.6 is 0 Å². The van der Waals surface area contributed by atoms with Gasteiger partial charge in [0, 0.05) is 19.7 Å². The van der Waals surface area contributed by atoms with Crippen LogP contribution in [0.1, 0.15) is 46.0 Å². The minimum Gasteiger partial charge on any atom is -0.392 e. The molecule has 0 spiro atoms. The molecule has 1 saturated heterocycles. The lowest BCUT2D eigenvalue weighted by molar-refractivity contribution is -0.0124. The summed E-state index contributed by atoms with van der Waals surface area (Å²) < 4.78 is 5.78. The number of likely N-dealkylation sites (tertiary alicyclic amines) is 1. The molecular formula is C13H27NO2. The Bertz CT molecular complexity index is 175. The van der Waals surface area contributed by atoms with Crippen molar-refractivity contribution in [1.82, 2.24) is 4.90 Å². The van der Waals surface area contributed by atoms with Gasteiger partial charge >= 0.3 is 0 Å². The summed E-state index contributed by atoms with van der Waals surface area (Å²) in [4.78, 5) is 2.35. The van der Waals surface area contributed by atoms with Crippen LogP contribution in [0.15, 0.2) is 0 Å². The molecule has 0 aliphatic carbocycles. The van der Waals surface area contributed by atoms with Gasteiger partial charge in [0.05, 0.1) is 12.2 Å². The Hall–Kier alpha value is -0.120. The van der Waals surface area contributed by atoms with Gasteiger partial charge in [-0.15, -0.1) is 0 Å². The predicted molar refractivity (Wildman–Crippen MR) is 66.6 cm³/mol. The van der Waals surface area contributed by atoms with E-state index in [1.807, 2.05) is 0 Å². The minimum atomic E-state index is -0.157. The molecule has 0 aromatic heterocycles. The zero-order chi connectivity index (χ0) is 11.8. The summed E-state index contributed by atoms with van der Waals surface area (Å²) in [7, 11) is 0. The van der Waals surface area contributed by atoms with E-state index in [-0.39, 0.29) is 6.10 Å². The highest BCUT2D eigenvalue weighted by atomic mass is 16.5. The highest BCUT2D eigenvalue weighted by molar-refractivity contribution is 4.75. The molecule has 3 nitrogen and oxygen atoms in total. The SMILES string of the molecule is CCCOC1CCCN(CC(O)CCC)C1. The van der Waals surface area contributed by atoms with Gasteiger partial charge in [-0.25, -0.2) is 0 Å². The van der Waals surface area contributed by atoms with Crippen molar-refractivity contribution in [3.63, 3.8) is 0 Å². The van der Waals surface area contributed by atoms with Crippen LogP contribution < -0.4 is 0 Å². The molecule has 1 fully saturated rings. The number of nitrogens with zero attached hydrogens (tertiary/aromatic N) is 1. The van der Waals surface area contributed by atoms with E-state index in [1.165, 1.54) is 12.8 Å². The molecule has 0 aromatic carbocycles. The fourth-order valence-corrected chi connectivity index (χ4v) is 2.32. The second kappa shape index (κ2) is 8.04. The van der Waals surface area contributed by atoms with Gasteiger partial charge in [0.15, 0.2) is 0 Å². The number of hydrogen-bond donors (Lipinski definition) is 1. The first-order valence-electron chi connectivity index (χ1n) is 6.78. The first kappa shape index (κ1) is 13.9. The van der Waals surface area contributed by atoms with Crippen LogP contribution in [-0.2, 0) is 4.74 Å². The van der Waals surface area contributed by atoms with Crippen LogP contribution in [0.2, 0.25) is 0 Å². The maximum atomic E-state index is 9.78.